The van der Waals surface area contributed by atoms with Gasteiger partial charge < -0.3 is 14.8 Å². The molecule has 1 fully saturated rings. The van der Waals surface area contributed by atoms with Crippen LogP contribution in [0.1, 0.15) is 54.4 Å². The van der Waals surface area contributed by atoms with E-state index in [1.165, 1.54) is 22.3 Å². The van der Waals surface area contributed by atoms with Crippen LogP contribution in [0.5, 0.6) is 0 Å². The van der Waals surface area contributed by atoms with Crippen molar-refractivity contribution in [3.05, 3.63) is 70.8 Å². The number of hydrogen-bond acceptors (Lipinski definition) is 4. The van der Waals surface area contributed by atoms with E-state index in [0.717, 1.165) is 19.3 Å². The van der Waals surface area contributed by atoms with E-state index >= 15 is 0 Å². The molecule has 1 aliphatic heterocycles. The number of nitrogens with one attached hydrogen (secondary N) is 1. The van der Waals surface area contributed by atoms with Gasteiger partial charge in [-0.15, -0.1) is 0 Å². The standard InChI is InChI=1S/C24H31NO3/c1-4-5-14-27-24(26)28-21-15-22(25-16-21)23(19-10-6-17(2)7-11-19)20-12-8-18(3)9-13-20/h6-13,21-23,25H,4-5,14-16H2,1-3H3/t21-,22?/m1/s1. The third kappa shape index (κ3) is 5.35. The Hall–Kier alpha value is -2.33. The lowest BCUT2D eigenvalue weighted by molar-refractivity contribution is 0.0282. The number of hydrogen-bond donors (Lipinski definition) is 1. The number of aryl methyl sites for hydroxylation is 2. The van der Waals surface area contributed by atoms with Gasteiger partial charge in [-0.05, 0) is 31.4 Å². The number of unbranched alkanes of at least 4 members (excludes halogenated alkanes) is 1. The molecule has 0 saturated carbocycles. The van der Waals surface area contributed by atoms with Gasteiger partial charge in [-0.1, -0.05) is 73.0 Å². The van der Waals surface area contributed by atoms with Gasteiger partial charge in [0.15, 0.2) is 0 Å². The normalized spacial score (nSPS) is 19.0. The van der Waals surface area contributed by atoms with Crippen LogP contribution in [0.4, 0.5) is 4.79 Å². The Morgan fingerprint density at radius 3 is 2.14 bits per heavy atom. The second-order valence-electron chi connectivity index (χ2n) is 7.74. The van der Waals surface area contributed by atoms with E-state index in [-0.39, 0.29) is 18.1 Å². The van der Waals surface area contributed by atoms with Gasteiger partial charge in [-0.2, -0.15) is 0 Å². The molecule has 150 valence electrons. The quantitative estimate of drug-likeness (QED) is 0.534. The van der Waals surface area contributed by atoms with Gasteiger partial charge in [-0.25, -0.2) is 4.79 Å². The summed E-state index contributed by atoms with van der Waals surface area (Å²) < 4.78 is 10.7. The van der Waals surface area contributed by atoms with E-state index in [0.29, 0.717) is 13.2 Å². The molecule has 0 amide bonds. The van der Waals surface area contributed by atoms with E-state index in [1.54, 1.807) is 0 Å². The Kier molecular flexibility index (Phi) is 7.10. The lowest BCUT2D eigenvalue weighted by Gasteiger charge is -2.25. The Morgan fingerprint density at radius 2 is 1.61 bits per heavy atom. The second-order valence-corrected chi connectivity index (χ2v) is 7.74. The zero-order valence-electron chi connectivity index (χ0n) is 17.1. The molecule has 3 rings (SSSR count). The molecule has 2 atom stereocenters. The van der Waals surface area contributed by atoms with Crippen LogP contribution in [0.25, 0.3) is 0 Å². The summed E-state index contributed by atoms with van der Waals surface area (Å²) in [6.45, 7) is 7.35. The van der Waals surface area contributed by atoms with E-state index in [1.807, 2.05) is 0 Å². The number of ether oxygens (including phenoxy) is 2. The van der Waals surface area contributed by atoms with Gasteiger partial charge in [0.2, 0.25) is 0 Å². The summed E-state index contributed by atoms with van der Waals surface area (Å²) in [7, 11) is 0. The van der Waals surface area contributed by atoms with Crippen molar-refractivity contribution in [2.75, 3.05) is 13.2 Å². The average Bonchev–Trinajstić information content (AvgIpc) is 3.13. The number of carbonyl (C=O) groups excluding carboxylic acids is 1. The van der Waals surface area contributed by atoms with Gasteiger partial charge in [0, 0.05) is 24.9 Å². The van der Waals surface area contributed by atoms with Crippen molar-refractivity contribution in [1.29, 1.82) is 0 Å². The van der Waals surface area contributed by atoms with Crippen molar-refractivity contribution in [3.8, 4) is 0 Å². The van der Waals surface area contributed by atoms with Gasteiger partial charge in [0.25, 0.3) is 0 Å². The summed E-state index contributed by atoms with van der Waals surface area (Å²) in [5, 5.41) is 3.57. The topological polar surface area (TPSA) is 47.6 Å². The van der Waals surface area contributed by atoms with Crippen LogP contribution >= 0.6 is 0 Å². The fourth-order valence-corrected chi connectivity index (χ4v) is 3.75. The molecule has 2 aromatic carbocycles. The van der Waals surface area contributed by atoms with E-state index < -0.39 is 6.16 Å². The molecule has 1 N–H and O–H groups in total. The Balaban J connectivity index is 1.71. The van der Waals surface area contributed by atoms with Crippen molar-refractivity contribution < 1.29 is 14.3 Å². The minimum atomic E-state index is -0.553. The van der Waals surface area contributed by atoms with Crippen LogP contribution in [0.3, 0.4) is 0 Å². The molecule has 2 aromatic rings. The number of carbonyl (C=O) groups is 1. The van der Waals surface area contributed by atoms with Gasteiger partial charge in [0.05, 0.1) is 6.61 Å². The molecule has 4 nitrogen and oxygen atoms in total. The Labute approximate surface area is 168 Å². The Morgan fingerprint density at radius 1 is 1.04 bits per heavy atom. The zero-order chi connectivity index (χ0) is 19.9. The molecular weight excluding hydrogens is 350 g/mol. The van der Waals surface area contributed by atoms with Crippen LogP contribution < -0.4 is 5.32 Å². The highest BCUT2D eigenvalue weighted by molar-refractivity contribution is 5.60. The Bertz CT molecular complexity index is 709. The minimum absolute atomic E-state index is 0.155. The summed E-state index contributed by atoms with van der Waals surface area (Å²) in [4.78, 5) is 11.9. The molecule has 4 heteroatoms. The van der Waals surface area contributed by atoms with Crippen molar-refractivity contribution in [2.24, 2.45) is 0 Å². The maximum atomic E-state index is 11.9. The lowest BCUT2D eigenvalue weighted by atomic mass is 9.83. The smallest absolute Gasteiger partial charge is 0.434 e. The van der Waals surface area contributed by atoms with E-state index in [4.69, 9.17) is 9.47 Å². The first-order valence-corrected chi connectivity index (χ1v) is 10.3. The highest BCUT2D eigenvalue weighted by atomic mass is 16.7. The first-order valence-electron chi connectivity index (χ1n) is 10.3. The zero-order valence-corrected chi connectivity index (χ0v) is 17.1. The van der Waals surface area contributed by atoms with Crippen molar-refractivity contribution >= 4 is 6.16 Å². The highest BCUT2D eigenvalue weighted by Gasteiger charge is 2.34. The molecule has 0 aliphatic carbocycles. The van der Waals surface area contributed by atoms with Crippen molar-refractivity contribution in [1.82, 2.24) is 5.32 Å². The van der Waals surface area contributed by atoms with Gasteiger partial charge in [-0.3, -0.25) is 0 Å². The third-order valence-electron chi connectivity index (χ3n) is 5.38. The fraction of sp³-hybridized carbons (Fsp3) is 0.458. The van der Waals surface area contributed by atoms with Crippen LogP contribution in [-0.4, -0.2) is 31.5 Å². The fourth-order valence-electron chi connectivity index (χ4n) is 3.75. The molecule has 0 bridgehead atoms. The monoisotopic (exact) mass is 381 g/mol. The van der Waals surface area contributed by atoms with Crippen LogP contribution in [0, 0.1) is 13.8 Å². The molecule has 1 unspecified atom stereocenters. The first kappa shape index (κ1) is 20.4. The summed E-state index contributed by atoms with van der Waals surface area (Å²) in [5.41, 5.74) is 5.06. The maximum Gasteiger partial charge on any atom is 0.508 e. The molecule has 28 heavy (non-hydrogen) atoms. The largest absolute Gasteiger partial charge is 0.508 e. The van der Waals surface area contributed by atoms with Crippen LogP contribution in [0.15, 0.2) is 48.5 Å². The van der Waals surface area contributed by atoms with E-state index in [9.17, 15) is 4.79 Å². The van der Waals surface area contributed by atoms with Gasteiger partial charge >= 0.3 is 6.16 Å². The molecular formula is C24H31NO3. The summed E-state index contributed by atoms with van der Waals surface area (Å²) >= 11 is 0. The molecule has 1 saturated heterocycles. The molecule has 0 aromatic heterocycles. The minimum Gasteiger partial charge on any atom is -0.434 e. The predicted molar refractivity (Wildman–Crippen MR) is 112 cm³/mol. The second kappa shape index (κ2) is 9.74. The number of rotatable bonds is 7. The highest BCUT2D eigenvalue weighted by Crippen LogP contribution is 2.33. The van der Waals surface area contributed by atoms with Crippen LogP contribution in [-0.2, 0) is 9.47 Å². The SMILES string of the molecule is CCCCOC(=O)O[C@H]1CNC(C(c2ccc(C)cc2)c2ccc(C)cc2)C1. The van der Waals surface area contributed by atoms with Crippen LogP contribution in [0.2, 0.25) is 0 Å². The summed E-state index contributed by atoms with van der Waals surface area (Å²) in [6, 6.07) is 17.6. The predicted octanol–water partition coefficient (Wildman–Crippen LogP) is 5.12. The molecule has 0 spiro atoms. The van der Waals surface area contributed by atoms with Gasteiger partial charge in [0.1, 0.15) is 6.10 Å². The van der Waals surface area contributed by atoms with Crippen molar-refractivity contribution in [3.63, 3.8) is 0 Å². The molecule has 1 heterocycles. The molecule has 0 radical (unpaired) electrons. The summed E-state index contributed by atoms with van der Waals surface area (Å²) in [6.07, 6.45) is 1.93. The first-order chi connectivity index (χ1) is 13.6. The lowest BCUT2D eigenvalue weighted by Crippen LogP contribution is -2.29. The van der Waals surface area contributed by atoms with E-state index in [2.05, 4.69) is 74.6 Å². The maximum absolute atomic E-state index is 11.9. The average molecular weight is 382 g/mol. The summed E-state index contributed by atoms with van der Waals surface area (Å²) in [5.74, 6) is 0.214. The number of benzene rings is 2. The third-order valence-corrected chi connectivity index (χ3v) is 5.38. The van der Waals surface area contributed by atoms with Crippen molar-refractivity contribution in [2.45, 2.75) is 58.1 Å². The molecule has 1 aliphatic rings.